The van der Waals surface area contributed by atoms with E-state index in [0.29, 0.717) is 18.3 Å². The molecule has 21 heavy (non-hydrogen) atoms. The number of nitrogens with zero attached hydrogens (tertiary/aromatic N) is 1. The molecular formula is C17H27NO2S. The van der Waals surface area contributed by atoms with Gasteiger partial charge >= 0.3 is 0 Å². The molecule has 4 heteroatoms. The average Bonchev–Trinajstić information content (AvgIpc) is 2.43. The van der Waals surface area contributed by atoms with Gasteiger partial charge in [-0.05, 0) is 51.0 Å². The molecule has 0 aliphatic carbocycles. The summed E-state index contributed by atoms with van der Waals surface area (Å²) in [5.74, 6) is 2.06. The lowest BCUT2D eigenvalue weighted by Gasteiger charge is -2.28. The van der Waals surface area contributed by atoms with Gasteiger partial charge in [-0.1, -0.05) is 13.8 Å². The first-order chi connectivity index (χ1) is 9.93. The Bertz CT molecular complexity index is 429. The lowest BCUT2D eigenvalue weighted by molar-refractivity contribution is -0.130. The van der Waals surface area contributed by atoms with Crippen molar-refractivity contribution in [2.75, 3.05) is 18.9 Å². The Labute approximate surface area is 133 Å². The molecule has 118 valence electrons. The van der Waals surface area contributed by atoms with Gasteiger partial charge in [-0.2, -0.15) is 0 Å². The van der Waals surface area contributed by atoms with Crippen LogP contribution < -0.4 is 4.74 Å². The highest BCUT2D eigenvalue weighted by molar-refractivity contribution is 8.00. The minimum Gasteiger partial charge on any atom is -0.494 e. The number of thioether (sulfide) groups is 1. The van der Waals surface area contributed by atoms with Gasteiger partial charge in [-0.3, -0.25) is 4.79 Å². The Balaban J connectivity index is 2.54. The van der Waals surface area contributed by atoms with Gasteiger partial charge in [-0.25, -0.2) is 0 Å². The minimum atomic E-state index is 0.206. The SMILES string of the molecule is CCOc1ccc(SCC(=O)N(CC(C)C)C(C)C)cc1. The van der Waals surface area contributed by atoms with E-state index in [9.17, 15) is 4.79 Å². The molecule has 0 atom stereocenters. The van der Waals surface area contributed by atoms with Crippen LogP contribution in [0.4, 0.5) is 0 Å². The normalized spacial score (nSPS) is 11.0. The molecule has 1 rings (SSSR count). The third-order valence-corrected chi connectivity index (χ3v) is 4.00. The fourth-order valence-electron chi connectivity index (χ4n) is 2.02. The molecule has 0 aromatic heterocycles. The average molecular weight is 309 g/mol. The molecule has 1 aromatic rings. The summed E-state index contributed by atoms with van der Waals surface area (Å²) < 4.78 is 5.42. The molecule has 0 aliphatic rings. The van der Waals surface area contributed by atoms with Crippen LogP contribution >= 0.6 is 11.8 Å². The maximum atomic E-state index is 12.3. The number of rotatable bonds is 8. The van der Waals surface area contributed by atoms with E-state index in [-0.39, 0.29) is 11.9 Å². The number of hydrogen-bond donors (Lipinski definition) is 0. The van der Waals surface area contributed by atoms with Crippen LogP contribution in [-0.4, -0.2) is 35.8 Å². The first kappa shape index (κ1) is 17.9. The largest absolute Gasteiger partial charge is 0.494 e. The number of carbonyl (C=O) groups is 1. The topological polar surface area (TPSA) is 29.5 Å². The van der Waals surface area contributed by atoms with Crippen LogP contribution in [0, 0.1) is 5.92 Å². The molecule has 1 aromatic carbocycles. The van der Waals surface area contributed by atoms with Crippen molar-refractivity contribution in [3.63, 3.8) is 0 Å². The summed E-state index contributed by atoms with van der Waals surface area (Å²) in [4.78, 5) is 15.4. The molecule has 3 nitrogen and oxygen atoms in total. The first-order valence-corrected chi connectivity index (χ1v) is 8.57. The lowest BCUT2D eigenvalue weighted by Crippen LogP contribution is -2.40. The third-order valence-electron chi connectivity index (χ3n) is 3.00. The molecule has 0 aliphatic heterocycles. The van der Waals surface area contributed by atoms with Crippen molar-refractivity contribution >= 4 is 17.7 Å². The van der Waals surface area contributed by atoms with Gasteiger partial charge in [-0.15, -0.1) is 11.8 Å². The van der Waals surface area contributed by atoms with Gasteiger partial charge in [0.25, 0.3) is 0 Å². The second-order valence-corrected chi connectivity index (χ2v) is 6.78. The fraction of sp³-hybridized carbons (Fsp3) is 0.588. The number of hydrogen-bond acceptors (Lipinski definition) is 3. The van der Waals surface area contributed by atoms with Crippen molar-refractivity contribution in [3.05, 3.63) is 24.3 Å². The zero-order valence-corrected chi connectivity index (χ0v) is 14.6. The summed E-state index contributed by atoms with van der Waals surface area (Å²) in [5.41, 5.74) is 0. The monoisotopic (exact) mass is 309 g/mol. The van der Waals surface area contributed by atoms with Crippen molar-refractivity contribution < 1.29 is 9.53 Å². The van der Waals surface area contributed by atoms with E-state index in [2.05, 4.69) is 27.7 Å². The van der Waals surface area contributed by atoms with Gasteiger partial charge in [0.15, 0.2) is 0 Å². The number of carbonyl (C=O) groups excluding carboxylic acids is 1. The summed E-state index contributed by atoms with van der Waals surface area (Å²) in [6.45, 7) is 11.9. The molecule has 0 bridgehead atoms. The Morgan fingerprint density at radius 2 is 1.81 bits per heavy atom. The molecule has 0 saturated heterocycles. The molecule has 0 spiro atoms. The Kier molecular flexibility index (Phi) is 7.65. The Morgan fingerprint density at radius 1 is 1.19 bits per heavy atom. The van der Waals surface area contributed by atoms with Crippen LogP contribution in [0.3, 0.4) is 0 Å². The van der Waals surface area contributed by atoms with Crippen molar-refractivity contribution in [2.24, 2.45) is 5.92 Å². The molecule has 0 fully saturated rings. The Morgan fingerprint density at radius 3 is 2.29 bits per heavy atom. The number of ether oxygens (including phenoxy) is 1. The molecule has 0 unspecified atom stereocenters. The van der Waals surface area contributed by atoms with Crippen LogP contribution in [0.15, 0.2) is 29.2 Å². The maximum Gasteiger partial charge on any atom is 0.233 e. The van der Waals surface area contributed by atoms with Gasteiger partial charge in [0.2, 0.25) is 5.91 Å². The molecule has 0 heterocycles. The highest BCUT2D eigenvalue weighted by Gasteiger charge is 2.17. The van der Waals surface area contributed by atoms with Gasteiger partial charge < -0.3 is 9.64 Å². The van der Waals surface area contributed by atoms with E-state index in [1.54, 1.807) is 11.8 Å². The summed E-state index contributed by atoms with van der Waals surface area (Å²) in [6, 6.07) is 8.16. The zero-order chi connectivity index (χ0) is 15.8. The standard InChI is InChI=1S/C17H27NO2S/c1-6-20-15-7-9-16(10-8-15)21-12-17(19)18(14(4)5)11-13(2)3/h7-10,13-14H,6,11-12H2,1-5H3. The Hall–Kier alpha value is -1.16. The molecular weight excluding hydrogens is 282 g/mol. The van der Waals surface area contributed by atoms with E-state index in [4.69, 9.17) is 4.74 Å². The summed E-state index contributed by atoms with van der Waals surface area (Å²) >= 11 is 1.58. The highest BCUT2D eigenvalue weighted by Crippen LogP contribution is 2.22. The molecule has 0 radical (unpaired) electrons. The summed E-state index contributed by atoms with van der Waals surface area (Å²) in [5, 5.41) is 0. The number of benzene rings is 1. The van der Waals surface area contributed by atoms with Crippen LogP contribution in [0.5, 0.6) is 5.75 Å². The van der Waals surface area contributed by atoms with Crippen LogP contribution in [0.2, 0.25) is 0 Å². The van der Waals surface area contributed by atoms with Crippen molar-refractivity contribution in [2.45, 2.75) is 45.6 Å². The smallest absolute Gasteiger partial charge is 0.233 e. The van der Waals surface area contributed by atoms with Gasteiger partial charge in [0.05, 0.1) is 12.4 Å². The second-order valence-electron chi connectivity index (χ2n) is 5.73. The highest BCUT2D eigenvalue weighted by atomic mass is 32.2. The molecule has 0 N–H and O–H groups in total. The molecule has 1 amide bonds. The van der Waals surface area contributed by atoms with Crippen LogP contribution in [0.1, 0.15) is 34.6 Å². The number of amides is 1. The minimum absolute atomic E-state index is 0.206. The van der Waals surface area contributed by atoms with Crippen molar-refractivity contribution in [1.29, 1.82) is 0 Å². The van der Waals surface area contributed by atoms with E-state index >= 15 is 0 Å². The van der Waals surface area contributed by atoms with E-state index in [0.717, 1.165) is 17.2 Å². The fourth-order valence-corrected chi connectivity index (χ4v) is 2.81. The first-order valence-electron chi connectivity index (χ1n) is 7.59. The van der Waals surface area contributed by atoms with E-state index < -0.39 is 0 Å². The van der Waals surface area contributed by atoms with E-state index in [1.807, 2.05) is 36.1 Å². The molecule has 0 saturated carbocycles. The predicted octanol–water partition coefficient (Wildman–Crippen LogP) is 4.07. The lowest BCUT2D eigenvalue weighted by atomic mass is 10.2. The summed E-state index contributed by atoms with van der Waals surface area (Å²) in [7, 11) is 0. The van der Waals surface area contributed by atoms with Gasteiger partial charge in [0, 0.05) is 17.5 Å². The van der Waals surface area contributed by atoms with Crippen LogP contribution in [0.25, 0.3) is 0 Å². The van der Waals surface area contributed by atoms with Gasteiger partial charge in [0.1, 0.15) is 5.75 Å². The van der Waals surface area contributed by atoms with Crippen molar-refractivity contribution in [1.82, 2.24) is 4.90 Å². The second kappa shape index (κ2) is 8.98. The summed E-state index contributed by atoms with van der Waals surface area (Å²) in [6.07, 6.45) is 0. The van der Waals surface area contributed by atoms with Crippen molar-refractivity contribution in [3.8, 4) is 5.75 Å². The van der Waals surface area contributed by atoms with Crippen LogP contribution in [-0.2, 0) is 4.79 Å². The predicted molar refractivity (Wildman–Crippen MR) is 90.0 cm³/mol. The quantitative estimate of drug-likeness (QED) is 0.678. The maximum absolute atomic E-state index is 12.3. The van der Waals surface area contributed by atoms with E-state index in [1.165, 1.54) is 0 Å². The third kappa shape index (κ3) is 6.42. The zero-order valence-electron chi connectivity index (χ0n) is 13.8.